The predicted octanol–water partition coefficient (Wildman–Crippen LogP) is 0.725. The quantitative estimate of drug-likeness (QED) is 0.865. The molecule has 0 amide bonds. The van der Waals surface area contributed by atoms with Gasteiger partial charge >= 0.3 is 0 Å². The number of benzene rings is 1. The number of rotatable bonds is 4. The number of pyridine rings is 1. The number of H-pyrrole nitrogens is 1. The number of nitriles is 1. The average Bonchev–Trinajstić information content (AvgIpc) is 2.46. The Bertz CT molecular complexity index is 799. The Kier molecular flexibility index (Phi) is 3.98. The summed E-state index contributed by atoms with van der Waals surface area (Å²) in [5, 5.41) is 8.77. The Morgan fingerprint density at radius 3 is 2.70 bits per heavy atom. The Labute approximate surface area is 115 Å². The fourth-order valence-corrected chi connectivity index (χ4v) is 2.56. The molecule has 0 saturated heterocycles. The zero-order valence-corrected chi connectivity index (χ0v) is 11.1. The van der Waals surface area contributed by atoms with Crippen molar-refractivity contribution in [3.05, 3.63) is 64.1 Å². The molecule has 20 heavy (non-hydrogen) atoms. The zero-order chi connectivity index (χ0) is 14.6. The number of sulfonamides is 1. The van der Waals surface area contributed by atoms with Gasteiger partial charge in [-0.25, -0.2) is 13.1 Å². The first kappa shape index (κ1) is 14.0. The molecule has 0 radical (unpaired) electrons. The molecule has 0 aliphatic rings. The highest BCUT2D eigenvalue weighted by Gasteiger charge is 2.13. The van der Waals surface area contributed by atoms with E-state index >= 15 is 0 Å². The summed E-state index contributed by atoms with van der Waals surface area (Å²) in [6.07, 6.45) is 1.14. The van der Waals surface area contributed by atoms with Crippen molar-refractivity contribution < 1.29 is 8.42 Å². The smallest absolute Gasteiger partial charge is 0.247 e. The van der Waals surface area contributed by atoms with Crippen molar-refractivity contribution in [2.75, 3.05) is 0 Å². The van der Waals surface area contributed by atoms with Gasteiger partial charge in [-0.3, -0.25) is 4.79 Å². The van der Waals surface area contributed by atoms with Crippen LogP contribution in [0.1, 0.15) is 11.1 Å². The van der Waals surface area contributed by atoms with Crippen molar-refractivity contribution in [2.45, 2.75) is 11.4 Å². The molecule has 0 fully saturated rings. The van der Waals surface area contributed by atoms with Crippen LogP contribution in [0.4, 0.5) is 0 Å². The summed E-state index contributed by atoms with van der Waals surface area (Å²) in [5.74, 6) is 0. The topological polar surface area (TPSA) is 103 Å². The molecule has 7 heteroatoms. The van der Waals surface area contributed by atoms with Crippen LogP contribution in [0.2, 0.25) is 0 Å². The van der Waals surface area contributed by atoms with Crippen LogP contribution in [-0.4, -0.2) is 13.4 Å². The maximum atomic E-state index is 12.0. The van der Waals surface area contributed by atoms with Crippen LogP contribution in [0.25, 0.3) is 0 Å². The van der Waals surface area contributed by atoms with E-state index in [0.717, 1.165) is 12.3 Å². The van der Waals surface area contributed by atoms with Gasteiger partial charge in [0, 0.05) is 18.8 Å². The second kappa shape index (κ2) is 5.69. The van der Waals surface area contributed by atoms with E-state index in [2.05, 4.69) is 9.71 Å². The van der Waals surface area contributed by atoms with E-state index in [-0.39, 0.29) is 17.0 Å². The molecule has 2 aromatic rings. The van der Waals surface area contributed by atoms with Gasteiger partial charge in [0.1, 0.15) is 0 Å². The summed E-state index contributed by atoms with van der Waals surface area (Å²) in [6, 6.07) is 11.0. The molecule has 0 aliphatic carbocycles. The molecule has 1 aromatic carbocycles. The van der Waals surface area contributed by atoms with Gasteiger partial charge in [-0.1, -0.05) is 12.1 Å². The normalized spacial score (nSPS) is 10.9. The predicted molar refractivity (Wildman–Crippen MR) is 72.2 cm³/mol. The number of nitrogens with zero attached hydrogens (tertiary/aromatic N) is 1. The molecule has 0 atom stereocenters. The fourth-order valence-electron chi connectivity index (χ4n) is 1.58. The minimum absolute atomic E-state index is 0.0199. The summed E-state index contributed by atoms with van der Waals surface area (Å²) in [6.45, 7) is 0.0664. The van der Waals surface area contributed by atoms with Gasteiger partial charge in [-0.05, 0) is 23.8 Å². The number of nitrogens with one attached hydrogen (secondary N) is 2. The van der Waals surface area contributed by atoms with Crippen LogP contribution in [0.5, 0.6) is 0 Å². The van der Waals surface area contributed by atoms with Crippen LogP contribution in [0, 0.1) is 11.3 Å². The number of hydrogen-bond acceptors (Lipinski definition) is 4. The zero-order valence-electron chi connectivity index (χ0n) is 10.3. The highest BCUT2D eigenvalue weighted by atomic mass is 32.2. The summed E-state index contributed by atoms with van der Waals surface area (Å²) in [4.78, 5) is 13.2. The third-order valence-electron chi connectivity index (χ3n) is 2.59. The number of aromatic nitrogens is 1. The molecule has 1 heterocycles. The summed E-state index contributed by atoms with van der Waals surface area (Å²) in [7, 11) is -3.70. The summed E-state index contributed by atoms with van der Waals surface area (Å²) < 4.78 is 26.3. The lowest BCUT2D eigenvalue weighted by molar-refractivity contribution is 0.581. The van der Waals surface area contributed by atoms with Crippen molar-refractivity contribution in [2.24, 2.45) is 0 Å². The first-order chi connectivity index (χ1) is 9.51. The molecule has 0 saturated carbocycles. The van der Waals surface area contributed by atoms with Gasteiger partial charge in [-0.2, -0.15) is 5.26 Å². The lowest BCUT2D eigenvalue weighted by atomic mass is 10.1. The molecule has 0 spiro atoms. The van der Waals surface area contributed by atoms with Crippen LogP contribution >= 0.6 is 0 Å². The van der Waals surface area contributed by atoms with Crippen molar-refractivity contribution in [1.29, 1.82) is 5.26 Å². The second-order valence-corrected chi connectivity index (χ2v) is 5.79. The Morgan fingerprint density at radius 2 is 2.05 bits per heavy atom. The van der Waals surface area contributed by atoms with E-state index in [9.17, 15) is 13.2 Å². The maximum absolute atomic E-state index is 12.0. The van der Waals surface area contributed by atoms with Gasteiger partial charge in [0.05, 0.1) is 16.5 Å². The Hall–Kier alpha value is -2.43. The van der Waals surface area contributed by atoms with Crippen molar-refractivity contribution >= 4 is 10.0 Å². The van der Waals surface area contributed by atoms with E-state index in [0.29, 0.717) is 11.1 Å². The average molecular weight is 289 g/mol. The SMILES string of the molecule is N#Cc1cccc(CNS(=O)(=O)c2ccc(=O)[nH]c2)c1. The molecule has 0 aliphatic heterocycles. The number of aromatic amines is 1. The van der Waals surface area contributed by atoms with Gasteiger partial charge in [0.15, 0.2) is 0 Å². The van der Waals surface area contributed by atoms with Gasteiger partial charge in [0.25, 0.3) is 0 Å². The van der Waals surface area contributed by atoms with Crippen molar-refractivity contribution in [3.8, 4) is 6.07 Å². The van der Waals surface area contributed by atoms with Crippen molar-refractivity contribution in [3.63, 3.8) is 0 Å². The van der Waals surface area contributed by atoms with E-state index in [4.69, 9.17) is 5.26 Å². The van der Waals surface area contributed by atoms with Crippen LogP contribution in [-0.2, 0) is 16.6 Å². The fraction of sp³-hybridized carbons (Fsp3) is 0.0769. The number of hydrogen-bond donors (Lipinski definition) is 2. The molecule has 2 N–H and O–H groups in total. The van der Waals surface area contributed by atoms with E-state index in [1.807, 2.05) is 6.07 Å². The van der Waals surface area contributed by atoms with E-state index < -0.39 is 10.0 Å². The van der Waals surface area contributed by atoms with Crippen LogP contribution < -0.4 is 10.3 Å². The molecule has 1 aromatic heterocycles. The molecule has 0 unspecified atom stereocenters. The third-order valence-corrected chi connectivity index (χ3v) is 3.99. The molecular weight excluding hydrogens is 278 g/mol. The molecular formula is C13H11N3O3S. The Balaban J connectivity index is 2.15. The van der Waals surface area contributed by atoms with Crippen LogP contribution in [0.15, 0.2) is 52.3 Å². The first-order valence-electron chi connectivity index (χ1n) is 5.69. The minimum Gasteiger partial charge on any atom is -0.328 e. The van der Waals surface area contributed by atoms with Gasteiger partial charge in [-0.15, -0.1) is 0 Å². The van der Waals surface area contributed by atoms with E-state index in [1.165, 1.54) is 6.07 Å². The van der Waals surface area contributed by atoms with E-state index in [1.54, 1.807) is 24.3 Å². The molecule has 2 rings (SSSR count). The molecule has 0 bridgehead atoms. The minimum atomic E-state index is -3.70. The lowest BCUT2D eigenvalue weighted by Gasteiger charge is -2.06. The monoisotopic (exact) mass is 289 g/mol. The van der Waals surface area contributed by atoms with Gasteiger partial charge < -0.3 is 4.98 Å². The van der Waals surface area contributed by atoms with Crippen LogP contribution in [0.3, 0.4) is 0 Å². The molecule has 6 nitrogen and oxygen atoms in total. The van der Waals surface area contributed by atoms with Gasteiger partial charge in [0.2, 0.25) is 15.6 Å². The second-order valence-electron chi connectivity index (χ2n) is 4.03. The van der Waals surface area contributed by atoms with Crippen molar-refractivity contribution in [1.82, 2.24) is 9.71 Å². The molecule has 102 valence electrons. The third kappa shape index (κ3) is 3.32. The standard InChI is InChI=1S/C13H11N3O3S/c14-7-10-2-1-3-11(6-10)8-16-20(18,19)12-4-5-13(17)15-9-12/h1-6,9,16H,8H2,(H,15,17). The first-order valence-corrected chi connectivity index (χ1v) is 7.17. The Morgan fingerprint density at radius 1 is 1.25 bits per heavy atom. The largest absolute Gasteiger partial charge is 0.328 e. The highest BCUT2D eigenvalue weighted by Crippen LogP contribution is 2.08. The summed E-state index contributed by atoms with van der Waals surface area (Å²) >= 11 is 0. The lowest BCUT2D eigenvalue weighted by Crippen LogP contribution is -2.24. The maximum Gasteiger partial charge on any atom is 0.247 e. The summed E-state index contributed by atoms with van der Waals surface area (Å²) in [5.41, 5.74) is 0.772. The highest BCUT2D eigenvalue weighted by molar-refractivity contribution is 7.89.